The summed E-state index contributed by atoms with van der Waals surface area (Å²) in [4.78, 5) is 2.37. The average molecular weight is 306 g/mol. The lowest BCUT2D eigenvalue weighted by atomic mass is 10.0. The predicted molar refractivity (Wildman–Crippen MR) is 94.8 cm³/mol. The molecule has 22 heavy (non-hydrogen) atoms. The van der Waals surface area contributed by atoms with Crippen molar-refractivity contribution in [3.05, 3.63) is 83.4 Å². The van der Waals surface area contributed by atoms with Gasteiger partial charge in [0.2, 0.25) is 5.69 Å². The summed E-state index contributed by atoms with van der Waals surface area (Å²) in [5.41, 5.74) is 5.20. The summed E-state index contributed by atoms with van der Waals surface area (Å²) >= 11 is 1.76. The van der Waals surface area contributed by atoms with Crippen LogP contribution in [0.3, 0.4) is 0 Å². The molecule has 0 saturated heterocycles. The number of rotatable bonds is 1. The molecule has 0 unspecified atom stereocenters. The molecule has 1 nitrogen and oxygen atoms in total. The fourth-order valence-corrected chi connectivity index (χ4v) is 3.73. The van der Waals surface area contributed by atoms with Gasteiger partial charge in [0.05, 0.1) is 10.5 Å². The smallest absolute Gasteiger partial charge is 0.200 e. The molecule has 1 aromatic carbocycles. The van der Waals surface area contributed by atoms with Crippen LogP contribution in [0, 0.1) is 6.92 Å². The molecule has 2 aromatic rings. The Balaban J connectivity index is 2.25. The van der Waals surface area contributed by atoms with E-state index in [1.807, 2.05) is 0 Å². The Kier molecular flexibility index (Phi) is 4.30. The molecule has 110 valence electrons. The highest BCUT2D eigenvalue weighted by Gasteiger charge is 2.22. The van der Waals surface area contributed by atoms with Crippen LogP contribution in [0.4, 0.5) is 0 Å². The molecule has 1 aliphatic rings. The number of pyridine rings is 1. The summed E-state index contributed by atoms with van der Waals surface area (Å²) in [6.45, 7) is 6.35. The van der Waals surface area contributed by atoms with E-state index in [0.29, 0.717) is 0 Å². The van der Waals surface area contributed by atoms with Gasteiger partial charge < -0.3 is 0 Å². The number of hydrogen-bond donors (Lipinski definition) is 0. The maximum absolute atomic E-state index is 4.18. The molecule has 1 aromatic heterocycles. The summed E-state index contributed by atoms with van der Waals surface area (Å²) in [5.74, 6) is 0. The molecule has 1 aliphatic heterocycles. The Hall–Kier alpha value is -2.06. The Labute approximate surface area is 136 Å². The highest BCUT2D eigenvalue weighted by molar-refractivity contribution is 8.03. The summed E-state index contributed by atoms with van der Waals surface area (Å²) in [7, 11) is 2.11. The molecule has 0 radical (unpaired) electrons. The van der Waals surface area contributed by atoms with Crippen molar-refractivity contribution in [2.24, 2.45) is 7.05 Å². The van der Waals surface area contributed by atoms with Gasteiger partial charge in [0, 0.05) is 11.0 Å². The Bertz CT molecular complexity index is 784. The molecule has 2 heteroatoms. The molecule has 0 bridgehead atoms. The normalized spacial score (nSPS) is 17.1. The summed E-state index contributed by atoms with van der Waals surface area (Å²) in [5, 5.41) is 0. The van der Waals surface area contributed by atoms with Crippen molar-refractivity contribution in [1.29, 1.82) is 0 Å². The van der Waals surface area contributed by atoms with Gasteiger partial charge in [0.1, 0.15) is 7.05 Å². The largest absolute Gasteiger partial charge is 0.226 e. The zero-order chi connectivity index (χ0) is 15.5. The van der Waals surface area contributed by atoms with Crippen LogP contribution in [-0.4, -0.2) is 0 Å². The second kappa shape index (κ2) is 6.37. The fourth-order valence-electron chi connectivity index (χ4n) is 2.69. The Morgan fingerprint density at radius 2 is 1.95 bits per heavy atom. The number of hydrogen-bond acceptors (Lipinski definition) is 1. The first-order valence-corrected chi connectivity index (χ1v) is 8.26. The van der Waals surface area contributed by atoms with Gasteiger partial charge in [0.15, 0.2) is 6.20 Å². The Morgan fingerprint density at radius 1 is 1.14 bits per heavy atom. The van der Waals surface area contributed by atoms with E-state index in [9.17, 15) is 0 Å². The van der Waals surface area contributed by atoms with Crippen molar-refractivity contribution in [1.82, 2.24) is 0 Å². The first kappa shape index (κ1) is 14.9. The molecule has 0 aliphatic carbocycles. The van der Waals surface area contributed by atoms with E-state index >= 15 is 0 Å². The van der Waals surface area contributed by atoms with Gasteiger partial charge in [-0.15, -0.1) is 0 Å². The van der Waals surface area contributed by atoms with E-state index in [1.165, 1.54) is 27.3 Å². The zero-order valence-electron chi connectivity index (χ0n) is 13.0. The van der Waals surface area contributed by atoms with Crippen LogP contribution in [0.2, 0.25) is 0 Å². The van der Waals surface area contributed by atoms with Crippen LogP contribution in [0.5, 0.6) is 0 Å². The van der Waals surface area contributed by atoms with Gasteiger partial charge in [0.25, 0.3) is 0 Å². The van der Waals surface area contributed by atoms with Crippen LogP contribution in [0.15, 0.2) is 77.2 Å². The topological polar surface area (TPSA) is 3.88 Å². The number of allylic oxidation sites excluding steroid dienone is 4. The lowest BCUT2D eigenvalue weighted by molar-refractivity contribution is -0.662. The molecule has 0 amide bonds. The second-order valence-electron chi connectivity index (χ2n) is 5.50. The van der Waals surface area contributed by atoms with Crippen molar-refractivity contribution in [2.45, 2.75) is 18.2 Å². The fraction of sp³-hybridized carbons (Fsp3) is 0.150. The summed E-state index contributed by atoms with van der Waals surface area (Å²) < 4.78 is 2.22. The van der Waals surface area contributed by atoms with Gasteiger partial charge in [-0.2, -0.15) is 0 Å². The maximum Gasteiger partial charge on any atom is 0.226 e. The number of thioether (sulfide) groups is 1. The molecule has 0 fully saturated rings. The average Bonchev–Trinajstić information content (AvgIpc) is 2.58. The lowest BCUT2D eigenvalue weighted by Crippen LogP contribution is -2.32. The van der Waals surface area contributed by atoms with E-state index < -0.39 is 0 Å². The molecule has 3 rings (SSSR count). The highest BCUT2D eigenvalue weighted by Crippen LogP contribution is 2.37. The first-order chi connectivity index (χ1) is 10.7. The number of fused-ring (bicyclic) bond motifs is 1. The van der Waals surface area contributed by atoms with E-state index in [2.05, 4.69) is 86.0 Å². The van der Waals surface area contributed by atoms with Gasteiger partial charge in [-0.05, 0) is 36.6 Å². The number of nitrogens with zero attached hydrogens (tertiary/aromatic N) is 1. The molecular weight excluding hydrogens is 286 g/mol. The minimum absolute atomic E-state index is 0.944. The third-order valence-corrected chi connectivity index (χ3v) is 4.92. The predicted octanol–water partition coefficient (Wildman–Crippen LogP) is 4.76. The molecule has 0 N–H and O–H groups in total. The SMILES string of the molecule is C=C1/C=C\C=C/Cc2cc[n+](C)c(-c3ccccc3C)c2S1. The number of aryl methyl sites for hydroxylation is 2. The van der Waals surface area contributed by atoms with Crippen molar-refractivity contribution in [3.63, 3.8) is 0 Å². The van der Waals surface area contributed by atoms with Gasteiger partial charge >= 0.3 is 0 Å². The van der Waals surface area contributed by atoms with Crippen molar-refractivity contribution >= 4 is 11.8 Å². The highest BCUT2D eigenvalue weighted by atomic mass is 32.2. The molecule has 2 heterocycles. The van der Waals surface area contributed by atoms with E-state index in [1.54, 1.807) is 11.8 Å². The van der Waals surface area contributed by atoms with Crippen molar-refractivity contribution in [2.75, 3.05) is 0 Å². The maximum atomic E-state index is 4.18. The minimum atomic E-state index is 0.944. The monoisotopic (exact) mass is 306 g/mol. The molecule has 0 atom stereocenters. The first-order valence-electron chi connectivity index (χ1n) is 7.44. The third-order valence-electron chi connectivity index (χ3n) is 3.86. The lowest BCUT2D eigenvalue weighted by Gasteiger charge is -2.13. The Morgan fingerprint density at radius 3 is 2.77 bits per heavy atom. The summed E-state index contributed by atoms with van der Waals surface area (Å²) in [6.07, 6.45) is 11.5. The third kappa shape index (κ3) is 2.93. The van der Waals surface area contributed by atoms with Gasteiger partial charge in [-0.3, -0.25) is 0 Å². The van der Waals surface area contributed by atoms with Crippen LogP contribution in [0.25, 0.3) is 11.3 Å². The minimum Gasteiger partial charge on any atom is -0.200 e. The van der Waals surface area contributed by atoms with Gasteiger partial charge in [-0.1, -0.05) is 54.8 Å². The van der Waals surface area contributed by atoms with Gasteiger partial charge in [-0.25, -0.2) is 4.57 Å². The van der Waals surface area contributed by atoms with Crippen molar-refractivity contribution in [3.8, 4) is 11.3 Å². The van der Waals surface area contributed by atoms with Crippen molar-refractivity contribution < 1.29 is 4.57 Å². The molecule has 0 saturated carbocycles. The zero-order valence-corrected chi connectivity index (χ0v) is 13.9. The standard InChI is InChI=1S/C20H20NS/c1-15-9-7-8-12-18(15)19-20-17(13-14-21(19)3)11-6-4-5-10-16(2)22-20/h4-10,12-14H,2,11H2,1,3H3/q+1/b6-4-,10-5-. The second-order valence-corrected chi connectivity index (χ2v) is 6.64. The van der Waals surface area contributed by atoms with Crippen LogP contribution < -0.4 is 4.57 Å². The van der Waals surface area contributed by atoms with E-state index in [0.717, 1.165) is 11.3 Å². The van der Waals surface area contributed by atoms with Crippen LogP contribution in [0.1, 0.15) is 11.1 Å². The van der Waals surface area contributed by atoms with E-state index in [4.69, 9.17) is 0 Å². The van der Waals surface area contributed by atoms with E-state index in [-0.39, 0.29) is 0 Å². The number of aromatic nitrogens is 1. The van der Waals surface area contributed by atoms with Crippen LogP contribution >= 0.6 is 11.8 Å². The summed E-state index contributed by atoms with van der Waals surface area (Å²) in [6, 6.07) is 10.8. The number of benzene rings is 1. The quantitative estimate of drug-likeness (QED) is 0.687. The molecule has 0 spiro atoms. The molecular formula is C20H20NS+. The van der Waals surface area contributed by atoms with Crippen LogP contribution in [-0.2, 0) is 13.5 Å².